The average Bonchev–Trinajstić information content (AvgIpc) is 2.69. The number of carbonyl (C=O) groups excluding carboxylic acids is 2. The summed E-state index contributed by atoms with van der Waals surface area (Å²) in [4.78, 5) is 28.4. The van der Waals surface area contributed by atoms with E-state index in [0.29, 0.717) is 17.2 Å². The van der Waals surface area contributed by atoms with Gasteiger partial charge in [0.05, 0.1) is 11.9 Å². The lowest BCUT2D eigenvalue weighted by molar-refractivity contribution is -0.119. The summed E-state index contributed by atoms with van der Waals surface area (Å²) >= 11 is 3.34. The van der Waals surface area contributed by atoms with E-state index in [2.05, 4.69) is 26.2 Å². The van der Waals surface area contributed by atoms with Crippen molar-refractivity contribution in [1.29, 1.82) is 0 Å². The zero-order valence-corrected chi connectivity index (χ0v) is 15.7. The van der Waals surface area contributed by atoms with Crippen molar-refractivity contribution in [2.75, 3.05) is 11.9 Å². The van der Waals surface area contributed by atoms with E-state index in [1.54, 1.807) is 60.8 Å². The van der Waals surface area contributed by atoms with Crippen molar-refractivity contribution in [2.45, 2.75) is 0 Å². The van der Waals surface area contributed by atoms with E-state index in [0.717, 1.165) is 4.47 Å². The topological polar surface area (TPSA) is 77.5 Å². The highest BCUT2D eigenvalue weighted by atomic mass is 79.9. The van der Waals surface area contributed by atoms with Crippen LogP contribution < -0.4 is 10.1 Å². The lowest BCUT2D eigenvalue weighted by atomic mass is 10.2. The average molecular weight is 427 g/mol. The Labute approximate surface area is 164 Å². The van der Waals surface area contributed by atoms with E-state index in [4.69, 9.17) is 9.47 Å². The molecule has 1 heterocycles. The number of hydrogen-bond donors (Lipinski definition) is 1. The number of aromatic nitrogens is 1. The lowest BCUT2D eigenvalue weighted by Crippen LogP contribution is -2.21. The fourth-order valence-electron chi connectivity index (χ4n) is 2.22. The van der Waals surface area contributed by atoms with Crippen LogP contribution in [0.3, 0.4) is 0 Å². The van der Waals surface area contributed by atoms with Gasteiger partial charge >= 0.3 is 5.97 Å². The van der Waals surface area contributed by atoms with Crippen LogP contribution in [0.25, 0.3) is 0 Å². The third kappa shape index (κ3) is 5.15. The molecule has 0 aliphatic rings. The standard InChI is InChI=1S/C20H15BrN2O4/c21-16-8-2-3-9-17(16)23-19(24)13-26-20(25)15-7-1-4-10-18(15)27-14-6-5-11-22-12-14/h1-12H,13H2,(H,23,24). The fourth-order valence-corrected chi connectivity index (χ4v) is 2.60. The van der Waals surface area contributed by atoms with Crippen molar-refractivity contribution in [2.24, 2.45) is 0 Å². The first-order valence-corrected chi connectivity index (χ1v) is 8.81. The van der Waals surface area contributed by atoms with Gasteiger partial charge in [-0.2, -0.15) is 0 Å². The molecule has 1 aromatic heterocycles. The fraction of sp³-hybridized carbons (Fsp3) is 0.0500. The zero-order valence-electron chi connectivity index (χ0n) is 14.1. The van der Waals surface area contributed by atoms with E-state index in [9.17, 15) is 9.59 Å². The normalized spacial score (nSPS) is 10.1. The molecule has 1 N–H and O–H groups in total. The maximum Gasteiger partial charge on any atom is 0.342 e. The van der Waals surface area contributed by atoms with Gasteiger partial charge < -0.3 is 14.8 Å². The summed E-state index contributed by atoms with van der Waals surface area (Å²) in [5, 5.41) is 2.67. The minimum atomic E-state index is -0.656. The maximum absolute atomic E-state index is 12.4. The van der Waals surface area contributed by atoms with E-state index in [-0.39, 0.29) is 5.56 Å². The van der Waals surface area contributed by atoms with Crippen LogP contribution in [0, 0.1) is 0 Å². The van der Waals surface area contributed by atoms with E-state index in [1.165, 1.54) is 6.20 Å². The quantitative estimate of drug-likeness (QED) is 0.589. The second kappa shape index (κ2) is 8.95. The van der Waals surface area contributed by atoms with Crippen LogP contribution >= 0.6 is 15.9 Å². The van der Waals surface area contributed by atoms with Crippen molar-refractivity contribution in [3.8, 4) is 11.5 Å². The number of halogens is 1. The minimum Gasteiger partial charge on any atom is -0.455 e. The van der Waals surface area contributed by atoms with Gasteiger partial charge in [-0.15, -0.1) is 0 Å². The molecule has 136 valence electrons. The summed E-state index contributed by atoms with van der Waals surface area (Å²) in [6.07, 6.45) is 3.16. The van der Waals surface area contributed by atoms with Crippen LogP contribution in [0.4, 0.5) is 5.69 Å². The van der Waals surface area contributed by atoms with Crippen LogP contribution in [0.2, 0.25) is 0 Å². The highest BCUT2D eigenvalue weighted by molar-refractivity contribution is 9.10. The molecule has 6 nitrogen and oxygen atoms in total. The Bertz CT molecular complexity index is 947. The number of para-hydroxylation sites is 2. The number of amides is 1. The highest BCUT2D eigenvalue weighted by Gasteiger charge is 2.16. The molecule has 0 aliphatic carbocycles. The van der Waals surface area contributed by atoms with Crippen molar-refractivity contribution in [3.05, 3.63) is 83.1 Å². The van der Waals surface area contributed by atoms with Crippen molar-refractivity contribution in [1.82, 2.24) is 4.98 Å². The van der Waals surface area contributed by atoms with Gasteiger partial charge in [-0.1, -0.05) is 24.3 Å². The van der Waals surface area contributed by atoms with Crippen LogP contribution in [-0.2, 0) is 9.53 Å². The molecule has 0 fully saturated rings. The molecule has 27 heavy (non-hydrogen) atoms. The Morgan fingerprint density at radius 3 is 2.56 bits per heavy atom. The van der Waals surface area contributed by atoms with Gasteiger partial charge in [0.1, 0.15) is 17.1 Å². The number of esters is 1. The molecular formula is C20H15BrN2O4. The first kappa shape index (κ1) is 18.6. The van der Waals surface area contributed by atoms with Gasteiger partial charge in [0.25, 0.3) is 5.91 Å². The highest BCUT2D eigenvalue weighted by Crippen LogP contribution is 2.25. The maximum atomic E-state index is 12.4. The van der Waals surface area contributed by atoms with Gasteiger partial charge in [-0.3, -0.25) is 9.78 Å². The summed E-state index contributed by atoms with van der Waals surface area (Å²) in [5.74, 6) is -0.288. The molecule has 1 amide bonds. The van der Waals surface area contributed by atoms with E-state index >= 15 is 0 Å². The Morgan fingerprint density at radius 2 is 1.78 bits per heavy atom. The van der Waals surface area contributed by atoms with Gasteiger partial charge in [0.2, 0.25) is 0 Å². The number of hydrogen-bond acceptors (Lipinski definition) is 5. The Balaban J connectivity index is 1.63. The van der Waals surface area contributed by atoms with Crippen molar-refractivity contribution >= 4 is 33.5 Å². The van der Waals surface area contributed by atoms with Crippen LogP contribution in [0.1, 0.15) is 10.4 Å². The van der Waals surface area contributed by atoms with Crippen molar-refractivity contribution < 1.29 is 19.1 Å². The molecule has 3 aromatic rings. The molecule has 0 unspecified atom stereocenters. The summed E-state index contributed by atoms with van der Waals surface area (Å²) in [5.41, 5.74) is 0.814. The van der Waals surface area contributed by atoms with Gasteiger partial charge in [0.15, 0.2) is 6.61 Å². The molecule has 0 atom stereocenters. The molecule has 0 aliphatic heterocycles. The number of carbonyl (C=O) groups is 2. The Hall–Kier alpha value is -3.19. The third-order valence-corrected chi connectivity index (χ3v) is 4.14. The second-order valence-corrected chi connectivity index (χ2v) is 6.25. The first-order valence-electron chi connectivity index (χ1n) is 8.02. The minimum absolute atomic E-state index is 0.218. The summed E-state index contributed by atoms with van der Waals surface area (Å²) in [6, 6.07) is 17.2. The number of rotatable bonds is 6. The van der Waals surface area contributed by atoms with Crippen LogP contribution in [0.15, 0.2) is 77.5 Å². The number of pyridine rings is 1. The number of nitrogens with zero attached hydrogens (tertiary/aromatic N) is 1. The Kier molecular flexibility index (Phi) is 6.17. The molecule has 0 radical (unpaired) electrons. The molecule has 7 heteroatoms. The molecule has 0 spiro atoms. The van der Waals surface area contributed by atoms with Gasteiger partial charge in [-0.25, -0.2) is 4.79 Å². The third-order valence-electron chi connectivity index (χ3n) is 3.45. The number of benzene rings is 2. The lowest BCUT2D eigenvalue weighted by Gasteiger charge is -2.11. The molecule has 2 aromatic carbocycles. The monoisotopic (exact) mass is 426 g/mol. The summed E-state index contributed by atoms with van der Waals surface area (Å²) in [7, 11) is 0. The molecule has 0 saturated carbocycles. The van der Waals surface area contributed by atoms with Gasteiger partial charge in [-0.05, 0) is 52.3 Å². The van der Waals surface area contributed by atoms with Crippen LogP contribution in [-0.4, -0.2) is 23.5 Å². The summed E-state index contributed by atoms with van der Waals surface area (Å²) in [6.45, 7) is -0.415. The van der Waals surface area contributed by atoms with E-state index < -0.39 is 18.5 Å². The molecule has 0 saturated heterocycles. The van der Waals surface area contributed by atoms with Gasteiger partial charge in [0, 0.05) is 10.7 Å². The first-order chi connectivity index (χ1) is 13.1. The molecular weight excluding hydrogens is 412 g/mol. The molecule has 3 rings (SSSR count). The molecule has 0 bridgehead atoms. The van der Waals surface area contributed by atoms with E-state index in [1.807, 2.05) is 6.07 Å². The van der Waals surface area contributed by atoms with Crippen LogP contribution in [0.5, 0.6) is 11.5 Å². The number of ether oxygens (including phenoxy) is 2. The number of anilines is 1. The smallest absolute Gasteiger partial charge is 0.342 e. The largest absolute Gasteiger partial charge is 0.455 e. The number of nitrogens with one attached hydrogen (secondary N) is 1. The SMILES string of the molecule is O=C(COC(=O)c1ccccc1Oc1cccnc1)Nc1ccccc1Br. The predicted molar refractivity (Wildman–Crippen MR) is 104 cm³/mol. The summed E-state index contributed by atoms with van der Waals surface area (Å²) < 4.78 is 11.5. The Morgan fingerprint density at radius 1 is 1.00 bits per heavy atom. The predicted octanol–water partition coefficient (Wildman–Crippen LogP) is 4.43. The zero-order chi connectivity index (χ0) is 19.1. The second-order valence-electron chi connectivity index (χ2n) is 5.39. The van der Waals surface area contributed by atoms with Crippen molar-refractivity contribution in [3.63, 3.8) is 0 Å².